The lowest BCUT2D eigenvalue weighted by molar-refractivity contribution is 0.433. The van der Waals surface area contributed by atoms with E-state index >= 15 is 0 Å². The molecule has 0 aliphatic heterocycles. The van der Waals surface area contributed by atoms with Crippen molar-refractivity contribution in [1.82, 2.24) is 15.1 Å². The molecule has 1 N–H and O–H groups in total. The molecule has 1 heterocycles. The molecule has 0 radical (unpaired) electrons. The number of nitrogens with zero attached hydrogens (tertiary/aromatic N) is 2. The van der Waals surface area contributed by atoms with Crippen molar-refractivity contribution in [2.24, 2.45) is 5.92 Å². The first kappa shape index (κ1) is 12.2. The molecule has 3 nitrogen and oxygen atoms in total. The SMILES string of the molecule is CCn1nccc1CNC(C)CC(C)C. The highest BCUT2D eigenvalue weighted by molar-refractivity contribution is 5.00. The first-order chi connectivity index (χ1) is 7.13. The maximum absolute atomic E-state index is 4.25. The summed E-state index contributed by atoms with van der Waals surface area (Å²) < 4.78 is 2.04. The smallest absolute Gasteiger partial charge is 0.0522 e. The van der Waals surface area contributed by atoms with E-state index in [4.69, 9.17) is 0 Å². The van der Waals surface area contributed by atoms with Crippen molar-refractivity contribution in [3.05, 3.63) is 18.0 Å². The van der Waals surface area contributed by atoms with Gasteiger partial charge in [-0.2, -0.15) is 5.10 Å². The molecular weight excluding hydrogens is 186 g/mol. The zero-order valence-corrected chi connectivity index (χ0v) is 10.3. The average Bonchev–Trinajstić information content (AvgIpc) is 2.60. The van der Waals surface area contributed by atoms with Gasteiger partial charge in [0.05, 0.1) is 5.69 Å². The number of aryl methyl sites for hydroxylation is 1. The Balaban J connectivity index is 2.36. The van der Waals surface area contributed by atoms with E-state index < -0.39 is 0 Å². The van der Waals surface area contributed by atoms with Crippen LogP contribution in [0.4, 0.5) is 0 Å². The fourth-order valence-electron chi connectivity index (χ4n) is 1.86. The van der Waals surface area contributed by atoms with E-state index in [2.05, 4.69) is 44.2 Å². The van der Waals surface area contributed by atoms with Gasteiger partial charge in [-0.1, -0.05) is 13.8 Å². The van der Waals surface area contributed by atoms with E-state index in [9.17, 15) is 0 Å². The van der Waals surface area contributed by atoms with E-state index in [0.717, 1.165) is 19.0 Å². The normalized spacial score (nSPS) is 13.4. The van der Waals surface area contributed by atoms with Crippen LogP contribution < -0.4 is 5.32 Å². The van der Waals surface area contributed by atoms with Gasteiger partial charge < -0.3 is 5.32 Å². The molecular formula is C12H23N3. The molecule has 0 aliphatic carbocycles. The first-order valence-electron chi connectivity index (χ1n) is 5.87. The predicted octanol–water partition coefficient (Wildman–Crippen LogP) is 2.43. The largest absolute Gasteiger partial charge is 0.309 e. The molecule has 86 valence electrons. The first-order valence-corrected chi connectivity index (χ1v) is 5.87. The summed E-state index contributed by atoms with van der Waals surface area (Å²) in [4.78, 5) is 0. The summed E-state index contributed by atoms with van der Waals surface area (Å²) >= 11 is 0. The number of aromatic nitrogens is 2. The van der Waals surface area contributed by atoms with Gasteiger partial charge in [-0.15, -0.1) is 0 Å². The van der Waals surface area contributed by atoms with Crippen LogP contribution in [0.15, 0.2) is 12.3 Å². The van der Waals surface area contributed by atoms with Gasteiger partial charge in [0.15, 0.2) is 0 Å². The molecule has 0 saturated carbocycles. The van der Waals surface area contributed by atoms with Gasteiger partial charge in [0.25, 0.3) is 0 Å². The highest BCUT2D eigenvalue weighted by Crippen LogP contribution is 2.05. The van der Waals surface area contributed by atoms with Crippen LogP contribution in [0, 0.1) is 5.92 Å². The molecule has 0 amide bonds. The molecule has 0 aromatic carbocycles. The highest BCUT2D eigenvalue weighted by atomic mass is 15.3. The van der Waals surface area contributed by atoms with Gasteiger partial charge in [-0.25, -0.2) is 0 Å². The Hall–Kier alpha value is -0.830. The highest BCUT2D eigenvalue weighted by Gasteiger charge is 2.06. The molecule has 0 spiro atoms. The van der Waals surface area contributed by atoms with E-state index in [-0.39, 0.29) is 0 Å². The summed E-state index contributed by atoms with van der Waals surface area (Å²) in [6.45, 7) is 10.7. The van der Waals surface area contributed by atoms with Gasteiger partial charge >= 0.3 is 0 Å². The van der Waals surface area contributed by atoms with Crippen molar-refractivity contribution >= 4 is 0 Å². The minimum Gasteiger partial charge on any atom is -0.309 e. The predicted molar refractivity (Wildman–Crippen MR) is 63.7 cm³/mol. The summed E-state index contributed by atoms with van der Waals surface area (Å²) in [6, 6.07) is 2.66. The van der Waals surface area contributed by atoms with E-state index in [1.807, 2.05) is 10.9 Å². The molecule has 0 aliphatic rings. The monoisotopic (exact) mass is 209 g/mol. The Labute approximate surface area is 92.9 Å². The molecule has 3 heteroatoms. The summed E-state index contributed by atoms with van der Waals surface area (Å²) in [6.07, 6.45) is 3.09. The third kappa shape index (κ3) is 4.04. The lowest BCUT2D eigenvalue weighted by Gasteiger charge is -2.16. The Bertz CT molecular complexity index is 278. The van der Waals surface area contributed by atoms with Gasteiger partial charge in [0.2, 0.25) is 0 Å². The lowest BCUT2D eigenvalue weighted by atomic mass is 10.1. The van der Waals surface area contributed by atoms with Crippen molar-refractivity contribution in [3.63, 3.8) is 0 Å². The van der Waals surface area contributed by atoms with Crippen LogP contribution in [0.3, 0.4) is 0 Å². The Morgan fingerprint density at radius 2 is 2.13 bits per heavy atom. The molecule has 1 unspecified atom stereocenters. The molecule has 1 aromatic rings. The zero-order valence-electron chi connectivity index (χ0n) is 10.3. The number of hydrogen-bond acceptors (Lipinski definition) is 2. The summed E-state index contributed by atoms with van der Waals surface area (Å²) in [5, 5.41) is 7.78. The van der Waals surface area contributed by atoms with Crippen LogP contribution in [0.1, 0.15) is 39.8 Å². The van der Waals surface area contributed by atoms with Gasteiger partial charge in [-0.05, 0) is 32.3 Å². The third-order valence-corrected chi connectivity index (χ3v) is 2.56. The van der Waals surface area contributed by atoms with Crippen molar-refractivity contribution in [1.29, 1.82) is 0 Å². The number of nitrogens with one attached hydrogen (secondary N) is 1. The number of hydrogen-bond donors (Lipinski definition) is 1. The second kappa shape index (κ2) is 5.91. The van der Waals surface area contributed by atoms with Crippen molar-refractivity contribution < 1.29 is 0 Å². The summed E-state index contributed by atoms with van der Waals surface area (Å²) in [5.74, 6) is 0.753. The van der Waals surface area contributed by atoms with Gasteiger partial charge in [0, 0.05) is 25.3 Å². The fourth-order valence-corrected chi connectivity index (χ4v) is 1.86. The molecule has 1 aromatic heterocycles. The van der Waals surface area contributed by atoms with Crippen LogP contribution in [0.25, 0.3) is 0 Å². The molecule has 0 bridgehead atoms. The van der Waals surface area contributed by atoms with Crippen LogP contribution >= 0.6 is 0 Å². The second-order valence-corrected chi connectivity index (χ2v) is 4.55. The summed E-state index contributed by atoms with van der Waals surface area (Å²) in [7, 11) is 0. The molecule has 0 fully saturated rings. The van der Waals surface area contributed by atoms with Gasteiger partial charge in [-0.3, -0.25) is 4.68 Å². The molecule has 1 atom stereocenters. The lowest BCUT2D eigenvalue weighted by Crippen LogP contribution is -2.27. The van der Waals surface area contributed by atoms with Crippen molar-refractivity contribution in [2.75, 3.05) is 0 Å². The quantitative estimate of drug-likeness (QED) is 0.780. The maximum atomic E-state index is 4.25. The standard InChI is InChI=1S/C12H23N3/c1-5-15-12(6-7-14-15)9-13-11(4)8-10(2)3/h6-7,10-11,13H,5,8-9H2,1-4H3. The van der Waals surface area contributed by atoms with E-state index in [1.165, 1.54) is 12.1 Å². The van der Waals surface area contributed by atoms with E-state index in [0.29, 0.717) is 6.04 Å². The molecule has 0 saturated heterocycles. The molecule has 1 rings (SSSR count). The van der Waals surface area contributed by atoms with Crippen molar-refractivity contribution in [3.8, 4) is 0 Å². The topological polar surface area (TPSA) is 29.9 Å². The Morgan fingerprint density at radius 1 is 1.40 bits per heavy atom. The van der Waals surface area contributed by atoms with Crippen molar-refractivity contribution in [2.45, 2.75) is 53.2 Å². The maximum Gasteiger partial charge on any atom is 0.0522 e. The fraction of sp³-hybridized carbons (Fsp3) is 0.750. The van der Waals surface area contributed by atoms with Crippen LogP contribution in [-0.2, 0) is 13.1 Å². The van der Waals surface area contributed by atoms with E-state index in [1.54, 1.807) is 0 Å². The Kier molecular flexibility index (Phi) is 4.82. The third-order valence-electron chi connectivity index (χ3n) is 2.56. The average molecular weight is 209 g/mol. The zero-order chi connectivity index (χ0) is 11.3. The van der Waals surface area contributed by atoms with Crippen LogP contribution in [0.5, 0.6) is 0 Å². The Morgan fingerprint density at radius 3 is 2.73 bits per heavy atom. The minimum absolute atomic E-state index is 0.574. The summed E-state index contributed by atoms with van der Waals surface area (Å²) in [5.41, 5.74) is 1.27. The van der Waals surface area contributed by atoms with Gasteiger partial charge in [0.1, 0.15) is 0 Å². The minimum atomic E-state index is 0.574. The number of rotatable bonds is 6. The second-order valence-electron chi connectivity index (χ2n) is 4.55. The van der Waals surface area contributed by atoms with Crippen LogP contribution in [-0.4, -0.2) is 15.8 Å². The van der Waals surface area contributed by atoms with Crippen LogP contribution in [0.2, 0.25) is 0 Å². The molecule has 15 heavy (non-hydrogen) atoms.